The third-order valence-corrected chi connectivity index (χ3v) is 2.45. The highest BCUT2D eigenvalue weighted by molar-refractivity contribution is 7.80. The maximum atomic E-state index is 10.8. The number of methoxy groups -OCH3 is 1. The van der Waals surface area contributed by atoms with Gasteiger partial charge < -0.3 is 15.2 Å². The van der Waals surface area contributed by atoms with E-state index in [2.05, 4.69) is 15.8 Å². The fraction of sp³-hybridized carbons (Fsp3) is 0.273. The van der Waals surface area contributed by atoms with E-state index in [1.54, 1.807) is 0 Å². The molecule has 0 aliphatic rings. The summed E-state index contributed by atoms with van der Waals surface area (Å²) in [5, 5.41) is 27.4. The first kappa shape index (κ1) is 15.6. The molecule has 1 aromatic carbocycles. The fourth-order valence-electron chi connectivity index (χ4n) is 1.35. The summed E-state index contributed by atoms with van der Waals surface area (Å²) in [5.74, 6) is -0.527. The Morgan fingerprint density at radius 2 is 2.35 bits per heavy atom. The second kappa shape index (κ2) is 7.24. The number of hydrazone groups is 1. The molecule has 0 bridgehead atoms. The van der Waals surface area contributed by atoms with Gasteiger partial charge in [-0.3, -0.25) is 15.5 Å². The van der Waals surface area contributed by atoms with Gasteiger partial charge in [-0.1, -0.05) is 0 Å². The predicted octanol–water partition coefficient (Wildman–Crippen LogP) is 1.13. The molecular formula is C11H14N4O4S. The van der Waals surface area contributed by atoms with Crippen LogP contribution >= 0.6 is 12.2 Å². The van der Waals surface area contributed by atoms with Gasteiger partial charge in [-0.25, -0.2) is 0 Å². The number of hydrogen-bond acceptors (Lipinski definition) is 6. The zero-order chi connectivity index (χ0) is 15.1. The van der Waals surface area contributed by atoms with E-state index in [1.807, 2.05) is 6.92 Å². The number of benzene rings is 1. The number of nitro benzene ring substituents is 1. The van der Waals surface area contributed by atoms with Gasteiger partial charge in [0, 0.05) is 18.2 Å². The van der Waals surface area contributed by atoms with Crippen LogP contribution in [0.3, 0.4) is 0 Å². The highest BCUT2D eigenvalue weighted by atomic mass is 32.1. The van der Waals surface area contributed by atoms with Gasteiger partial charge in [-0.15, -0.1) is 0 Å². The second-order valence-corrected chi connectivity index (χ2v) is 3.99. The smallest absolute Gasteiger partial charge is 0.315 e. The molecule has 0 saturated heterocycles. The number of phenolic OH excluding ortho intramolecular Hbond substituents is 1. The van der Waals surface area contributed by atoms with E-state index in [0.717, 1.165) is 0 Å². The Kier molecular flexibility index (Phi) is 5.66. The van der Waals surface area contributed by atoms with Crippen LogP contribution in [0.5, 0.6) is 11.5 Å². The highest BCUT2D eigenvalue weighted by Crippen LogP contribution is 2.36. The first-order valence-corrected chi connectivity index (χ1v) is 6.02. The van der Waals surface area contributed by atoms with Crippen LogP contribution in [0.15, 0.2) is 17.2 Å². The van der Waals surface area contributed by atoms with Gasteiger partial charge in [-0.2, -0.15) is 5.10 Å². The lowest BCUT2D eigenvalue weighted by Gasteiger charge is -2.05. The first-order valence-electron chi connectivity index (χ1n) is 5.61. The quantitative estimate of drug-likeness (QED) is 0.323. The standard InChI is InChI=1S/C11H14N4O4S/c1-3-12-11(20)14-13-6-7-4-8(15(17)18)10(16)9(5-7)19-2/h4-6,16H,3H2,1-2H3,(H2,12,14,20)/b13-6+. The molecule has 0 fully saturated rings. The van der Waals surface area contributed by atoms with Crippen molar-refractivity contribution >= 4 is 29.2 Å². The van der Waals surface area contributed by atoms with E-state index in [-0.39, 0.29) is 5.75 Å². The monoisotopic (exact) mass is 298 g/mol. The molecule has 3 N–H and O–H groups in total. The molecule has 0 aromatic heterocycles. The van der Waals surface area contributed by atoms with Crippen molar-refractivity contribution in [3.8, 4) is 11.5 Å². The van der Waals surface area contributed by atoms with E-state index in [0.29, 0.717) is 17.2 Å². The number of nitrogens with zero attached hydrogens (tertiary/aromatic N) is 2. The Morgan fingerprint density at radius 3 is 2.90 bits per heavy atom. The lowest BCUT2D eigenvalue weighted by molar-refractivity contribution is -0.386. The van der Waals surface area contributed by atoms with Crippen molar-refractivity contribution in [1.29, 1.82) is 0 Å². The molecule has 9 heteroatoms. The van der Waals surface area contributed by atoms with E-state index >= 15 is 0 Å². The van der Waals surface area contributed by atoms with Crippen molar-refractivity contribution < 1.29 is 14.8 Å². The number of nitrogens with one attached hydrogen (secondary N) is 2. The molecule has 0 atom stereocenters. The summed E-state index contributed by atoms with van der Waals surface area (Å²) in [6, 6.07) is 2.60. The lowest BCUT2D eigenvalue weighted by Crippen LogP contribution is -2.31. The molecule has 20 heavy (non-hydrogen) atoms. The number of rotatable bonds is 5. The molecule has 0 amide bonds. The number of thiocarbonyl (C=S) groups is 1. The van der Waals surface area contributed by atoms with Gasteiger partial charge in [0.05, 0.1) is 18.2 Å². The van der Waals surface area contributed by atoms with Crippen molar-refractivity contribution in [2.75, 3.05) is 13.7 Å². The summed E-state index contributed by atoms with van der Waals surface area (Å²) >= 11 is 4.90. The zero-order valence-electron chi connectivity index (χ0n) is 10.9. The normalized spacial score (nSPS) is 10.3. The van der Waals surface area contributed by atoms with E-state index in [9.17, 15) is 15.2 Å². The van der Waals surface area contributed by atoms with Crippen LogP contribution in [0, 0.1) is 10.1 Å². The summed E-state index contributed by atoms with van der Waals surface area (Å²) in [4.78, 5) is 10.1. The zero-order valence-corrected chi connectivity index (χ0v) is 11.7. The Balaban J connectivity index is 2.95. The molecule has 108 valence electrons. The van der Waals surface area contributed by atoms with E-state index in [4.69, 9.17) is 17.0 Å². The van der Waals surface area contributed by atoms with Crippen molar-refractivity contribution in [2.24, 2.45) is 5.10 Å². The second-order valence-electron chi connectivity index (χ2n) is 3.58. The molecule has 0 aliphatic carbocycles. The molecule has 8 nitrogen and oxygen atoms in total. The van der Waals surface area contributed by atoms with Crippen LogP contribution < -0.4 is 15.5 Å². The highest BCUT2D eigenvalue weighted by Gasteiger charge is 2.19. The van der Waals surface area contributed by atoms with Gasteiger partial charge in [0.15, 0.2) is 10.9 Å². The Morgan fingerprint density at radius 1 is 1.65 bits per heavy atom. The summed E-state index contributed by atoms with van der Waals surface area (Å²) in [5.41, 5.74) is 2.48. The van der Waals surface area contributed by atoms with Gasteiger partial charge in [0.2, 0.25) is 5.75 Å². The fourth-order valence-corrected chi connectivity index (χ4v) is 1.55. The van der Waals surface area contributed by atoms with Crippen molar-refractivity contribution in [3.63, 3.8) is 0 Å². The summed E-state index contributed by atoms with van der Waals surface area (Å²) in [7, 11) is 1.30. The Bertz CT molecular complexity index is 547. The largest absolute Gasteiger partial charge is 0.500 e. The molecule has 0 radical (unpaired) electrons. The molecule has 1 aromatic rings. The van der Waals surface area contributed by atoms with Crippen molar-refractivity contribution in [3.05, 3.63) is 27.8 Å². The average Bonchev–Trinajstić information content (AvgIpc) is 2.40. The number of ether oxygens (including phenoxy) is 1. The van der Waals surface area contributed by atoms with E-state index in [1.165, 1.54) is 25.5 Å². The van der Waals surface area contributed by atoms with Gasteiger partial charge in [-0.05, 0) is 25.2 Å². The number of aromatic hydroxyl groups is 1. The third kappa shape index (κ3) is 4.05. The number of nitro groups is 1. The van der Waals surface area contributed by atoms with Gasteiger partial charge >= 0.3 is 5.69 Å². The first-order chi connectivity index (χ1) is 9.49. The minimum absolute atomic E-state index is 0.00471. The average molecular weight is 298 g/mol. The maximum absolute atomic E-state index is 10.8. The van der Waals surface area contributed by atoms with Crippen LogP contribution in [0.2, 0.25) is 0 Å². The maximum Gasteiger partial charge on any atom is 0.315 e. The van der Waals surface area contributed by atoms with E-state index < -0.39 is 16.4 Å². The van der Waals surface area contributed by atoms with Gasteiger partial charge in [0.25, 0.3) is 0 Å². The molecule has 0 spiro atoms. The Labute approximate surface area is 120 Å². The van der Waals surface area contributed by atoms with Crippen LogP contribution in [0.4, 0.5) is 5.69 Å². The minimum atomic E-state index is -0.702. The molecular weight excluding hydrogens is 284 g/mol. The van der Waals surface area contributed by atoms with Gasteiger partial charge in [0.1, 0.15) is 0 Å². The summed E-state index contributed by atoms with van der Waals surface area (Å²) in [6.07, 6.45) is 1.33. The van der Waals surface area contributed by atoms with Crippen LogP contribution in [0.25, 0.3) is 0 Å². The minimum Gasteiger partial charge on any atom is -0.500 e. The topological polar surface area (TPSA) is 109 Å². The molecule has 0 heterocycles. The summed E-state index contributed by atoms with van der Waals surface area (Å²) in [6.45, 7) is 2.53. The van der Waals surface area contributed by atoms with Crippen molar-refractivity contribution in [2.45, 2.75) is 6.92 Å². The van der Waals surface area contributed by atoms with Crippen LogP contribution in [0.1, 0.15) is 12.5 Å². The number of phenols is 1. The molecule has 0 unspecified atom stereocenters. The Hall–Kier alpha value is -2.42. The molecule has 0 saturated carbocycles. The SMILES string of the molecule is CCNC(=S)N/N=C/c1cc(OC)c(O)c([N+](=O)[O-])c1. The van der Waals surface area contributed by atoms with Crippen LogP contribution in [-0.4, -0.2) is 35.0 Å². The summed E-state index contributed by atoms with van der Waals surface area (Å²) < 4.78 is 4.87. The third-order valence-electron chi connectivity index (χ3n) is 2.21. The van der Waals surface area contributed by atoms with Crippen LogP contribution in [-0.2, 0) is 0 Å². The predicted molar refractivity (Wildman–Crippen MR) is 78.3 cm³/mol. The number of hydrogen-bond donors (Lipinski definition) is 3. The molecule has 1 rings (SSSR count). The molecule has 0 aliphatic heterocycles. The lowest BCUT2D eigenvalue weighted by atomic mass is 10.2. The van der Waals surface area contributed by atoms with Crippen molar-refractivity contribution in [1.82, 2.24) is 10.7 Å².